The van der Waals surface area contributed by atoms with Crippen LogP contribution in [0.5, 0.6) is 0 Å². The van der Waals surface area contributed by atoms with Crippen LogP contribution in [0.1, 0.15) is 6.92 Å². The SMILES string of the molecule is CC#CC(O)N1CC(C=NC)C1. The van der Waals surface area contributed by atoms with Crippen LogP contribution in [0.25, 0.3) is 0 Å². The van der Waals surface area contributed by atoms with Gasteiger partial charge in [-0.3, -0.25) is 4.90 Å². The highest BCUT2D eigenvalue weighted by molar-refractivity contribution is 5.62. The molecule has 12 heavy (non-hydrogen) atoms. The summed E-state index contributed by atoms with van der Waals surface area (Å²) in [5.41, 5.74) is 0. The summed E-state index contributed by atoms with van der Waals surface area (Å²) in [6.45, 7) is 3.47. The lowest BCUT2D eigenvalue weighted by Gasteiger charge is -2.38. The summed E-state index contributed by atoms with van der Waals surface area (Å²) in [6, 6.07) is 0. The molecule has 1 aliphatic heterocycles. The van der Waals surface area contributed by atoms with Crippen molar-refractivity contribution in [2.75, 3.05) is 20.1 Å². The van der Waals surface area contributed by atoms with Crippen LogP contribution in [0.15, 0.2) is 4.99 Å². The summed E-state index contributed by atoms with van der Waals surface area (Å²) in [6.07, 6.45) is 1.33. The van der Waals surface area contributed by atoms with E-state index in [1.165, 1.54) is 0 Å². The summed E-state index contributed by atoms with van der Waals surface area (Å²) in [5.74, 6) is 5.89. The summed E-state index contributed by atoms with van der Waals surface area (Å²) in [4.78, 5) is 5.85. The van der Waals surface area contributed by atoms with Crippen LogP contribution in [-0.4, -0.2) is 42.6 Å². The fourth-order valence-corrected chi connectivity index (χ4v) is 1.27. The largest absolute Gasteiger partial charge is 0.367 e. The van der Waals surface area contributed by atoms with Gasteiger partial charge in [-0.1, -0.05) is 5.92 Å². The first kappa shape index (κ1) is 9.24. The van der Waals surface area contributed by atoms with E-state index in [2.05, 4.69) is 16.8 Å². The molecule has 3 nitrogen and oxygen atoms in total. The molecule has 0 amide bonds. The smallest absolute Gasteiger partial charge is 0.170 e. The second kappa shape index (κ2) is 4.24. The third-order valence-corrected chi connectivity index (χ3v) is 1.92. The van der Waals surface area contributed by atoms with E-state index in [0.29, 0.717) is 5.92 Å². The number of aliphatic hydroxyl groups is 1. The summed E-state index contributed by atoms with van der Waals surface area (Å²) in [7, 11) is 1.77. The van der Waals surface area contributed by atoms with Crippen LogP contribution in [0.4, 0.5) is 0 Å². The zero-order valence-corrected chi connectivity index (χ0v) is 7.49. The summed E-state index contributed by atoms with van der Waals surface area (Å²) >= 11 is 0. The van der Waals surface area contributed by atoms with E-state index >= 15 is 0 Å². The second-order valence-electron chi connectivity index (χ2n) is 2.89. The Morgan fingerprint density at radius 3 is 2.83 bits per heavy atom. The Bertz CT molecular complexity index is 220. The van der Waals surface area contributed by atoms with E-state index in [9.17, 15) is 5.11 Å². The van der Waals surface area contributed by atoms with Gasteiger partial charge in [0.15, 0.2) is 6.23 Å². The van der Waals surface area contributed by atoms with Gasteiger partial charge in [-0.25, -0.2) is 0 Å². The average molecular weight is 166 g/mol. The van der Waals surface area contributed by atoms with E-state index < -0.39 is 6.23 Å². The molecule has 66 valence electrons. The molecule has 0 spiro atoms. The van der Waals surface area contributed by atoms with Gasteiger partial charge in [0.05, 0.1) is 0 Å². The molecule has 1 saturated heterocycles. The highest BCUT2D eigenvalue weighted by atomic mass is 16.3. The third kappa shape index (κ3) is 2.07. The lowest BCUT2D eigenvalue weighted by Crippen LogP contribution is -2.52. The van der Waals surface area contributed by atoms with Crippen molar-refractivity contribution in [2.45, 2.75) is 13.2 Å². The number of rotatable bonds is 2. The van der Waals surface area contributed by atoms with Crippen LogP contribution in [0.3, 0.4) is 0 Å². The Hall–Kier alpha value is -0.850. The lowest BCUT2D eigenvalue weighted by atomic mass is 10.0. The Balaban J connectivity index is 2.27. The Morgan fingerprint density at radius 2 is 2.33 bits per heavy atom. The molecule has 1 N–H and O–H groups in total. The summed E-state index contributed by atoms with van der Waals surface area (Å²) in [5, 5.41) is 9.36. The van der Waals surface area contributed by atoms with Crippen molar-refractivity contribution in [1.82, 2.24) is 4.90 Å². The normalized spacial score (nSPS) is 21.6. The van der Waals surface area contributed by atoms with Crippen molar-refractivity contribution in [3.05, 3.63) is 0 Å². The van der Waals surface area contributed by atoms with Crippen molar-refractivity contribution in [3.63, 3.8) is 0 Å². The zero-order chi connectivity index (χ0) is 8.97. The van der Waals surface area contributed by atoms with E-state index in [4.69, 9.17) is 0 Å². The highest BCUT2D eigenvalue weighted by Crippen LogP contribution is 2.15. The maximum Gasteiger partial charge on any atom is 0.170 e. The minimum Gasteiger partial charge on any atom is -0.367 e. The quantitative estimate of drug-likeness (QED) is 0.461. The number of likely N-dealkylation sites (tertiary alicyclic amines) is 1. The van der Waals surface area contributed by atoms with Crippen molar-refractivity contribution >= 4 is 6.21 Å². The van der Waals surface area contributed by atoms with Gasteiger partial charge in [0.25, 0.3) is 0 Å². The van der Waals surface area contributed by atoms with Crippen molar-refractivity contribution in [3.8, 4) is 11.8 Å². The zero-order valence-electron chi connectivity index (χ0n) is 7.49. The van der Waals surface area contributed by atoms with Gasteiger partial charge in [-0.05, 0) is 6.92 Å². The first-order valence-electron chi connectivity index (χ1n) is 4.04. The first-order valence-corrected chi connectivity index (χ1v) is 4.04. The number of hydrogen-bond donors (Lipinski definition) is 1. The molecule has 3 heteroatoms. The summed E-state index contributed by atoms with van der Waals surface area (Å²) < 4.78 is 0. The molecule has 0 bridgehead atoms. The standard InChI is InChI=1S/C9H14N2O/c1-3-4-9(12)11-6-8(7-11)5-10-2/h5,8-9,12H,6-7H2,1-2H3. The van der Waals surface area contributed by atoms with Gasteiger partial charge in [-0.15, -0.1) is 5.92 Å². The van der Waals surface area contributed by atoms with E-state index in [0.717, 1.165) is 13.1 Å². The van der Waals surface area contributed by atoms with Gasteiger partial charge >= 0.3 is 0 Å². The molecule has 1 heterocycles. The van der Waals surface area contributed by atoms with Crippen LogP contribution in [-0.2, 0) is 0 Å². The van der Waals surface area contributed by atoms with Gasteiger partial charge in [0.1, 0.15) is 0 Å². The van der Waals surface area contributed by atoms with Crippen molar-refractivity contribution < 1.29 is 5.11 Å². The van der Waals surface area contributed by atoms with Gasteiger partial charge in [0.2, 0.25) is 0 Å². The van der Waals surface area contributed by atoms with Gasteiger partial charge in [-0.2, -0.15) is 0 Å². The molecular weight excluding hydrogens is 152 g/mol. The second-order valence-corrected chi connectivity index (χ2v) is 2.89. The minimum atomic E-state index is -0.587. The molecule has 1 atom stereocenters. The molecule has 0 aromatic carbocycles. The molecule has 0 aromatic heterocycles. The maximum atomic E-state index is 9.36. The molecule has 0 aliphatic carbocycles. The fourth-order valence-electron chi connectivity index (χ4n) is 1.27. The van der Waals surface area contributed by atoms with E-state index in [1.807, 2.05) is 11.1 Å². The predicted molar refractivity (Wildman–Crippen MR) is 48.9 cm³/mol. The molecule has 0 saturated carbocycles. The number of hydrogen-bond acceptors (Lipinski definition) is 3. The Morgan fingerprint density at radius 1 is 1.67 bits per heavy atom. The number of aliphatic hydroxyl groups excluding tert-OH is 1. The molecule has 1 rings (SSSR count). The molecular formula is C9H14N2O. The number of nitrogens with zero attached hydrogens (tertiary/aromatic N) is 2. The topological polar surface area (TPSA) is 35.8 Å². The van der Waals surface area contributed by atoms with Crippen molar-refractivity contribution in [2.24, 2.45) is 10.9 Å². The average Bonchev–Trinajstić information content (AvgIpc) is 1.96. The van der Waals surface area contributed by atoms with Crippen LogP contribution in [0.2, 0.25) is 0 Å². The lowest BCUT2D eigenvalue weighted by molar-refractivity contribution is -0.0101. The minimum absolute atomic E-state index is 0.503. The van der Waals surface area contributed by atoms with Gasteiger partial charge in [0, 0.05) is 32.3 Å². The Kier molecular flexibility index (Phi) is 3.27. The van der Waals surface area contributed by atoms with Crippen molar-refractivity contribution in [1.29, 1.82) is 0 Å². The highest BCUT2D eigenvalue weighted by Gasteiger charge is 2.28. The molecule has 0 radical (unpaired) electrons. The maximum absolute atomic E-state index is 9.36. The first-order chi connectivity index (χ1) is 5.77. The molecule has 0 aromatic rings. The van der Waals surface area contributed by atoms with E-state index in [1.54, 1.807) is 14.0 Å². The van der Waals surface area contributed by atoms with Gasteiger partial charge < -0.3 is 10.1 Å². The monoisotopic (exact) mass is 166 g/mol. The fraction of sp³-hybridized carbons (Fsp3) is 0.667. The molecule has 1 aliphatic rings. The van der Waals surface area contributed by atoms with E-state index in [-0.39, 0.29) is 0 Å². The van der Waals surface area contributed by atoms with Crippen LogP contribution in [0, 0.1) is 17.8 Å². The van der Waals surface area contributed by atoms with Crippen LogP contribution >= 0.6 is 0 Å². The third-order valence-electron chi connectivity index (χ3n) is 1.92. The molecule has 1 fully saturated rings. The van der Waals surface area contributed by atoms with Crippen LogP contribution < -0.4 is 0 Å². The predicted octanol–water partition coefficient (Wildman–Crippen LogP) is -0.0395. The number of aliphatic imine (C=N–C) groups is 1. The Labute approximate surface area is 73.1 Å². The molecule has 1 unspecified atom stereocenters.